The molecule has 0 radical (unpaired) electrons. The topological polar surface area (TPSA) is 24.7 Å². The van der Waals surface area contributed by atoms with Crippen molar-refractivity contribution in [1.29, 1.82) is 0 Å². The van der Waals surface area contributed by atoms with Gasteiger partial charge in [-0.15, -0.1) is 0 Å². The van der Waals surface area contributed by atoms with Crippen LogP contribution in [0.5, 0.6) is 0 Å². The third-order valence-corrected chi connectivity index (χ3v) is 7.46. The van der Waals surface area contributed by atoms with Gasteiger partial charge in [-0.05, 0) is 37.0 Å². The summed E-state index contributed by atoms with van der Waals surface area (Å²) in [5.74, 6) is 0. The Morgan fingerprint density at radius 3 is 2.92 bits per heavy atom. The molecule has 0 saturated heterocycles. The number of benzene rings is 1. The van der Waals surface area contributed by atoms with E-state index in [1.165, 1.54) is 11.1 Å². The molecule has 0 amide bonds. The van der Waals surface area contributed by atoms with Crippen LogP contribution < -0.4 is 0 Å². The first kappa shape index (κ1) is 17.0. The molecule has 3 unspecified atom stereocenters. The highest BCUT2D eigenvalue weighted by molar-refractivity contribution is 9.11. The Labute approximate surface area is 163 Å². The molecule has 2 heterocycles. The number of hydrogen-bond donors (Lipinski definition) is 1. The van der Waals surface area contributed by atoms with Crippen LogP contribution in [-0.2, 0) is 3.66 Å². The fourth-order valence-electron chi connectivity index (χ4n) is 3.62. The smallest absolute Gasteiger partial charge is 0.118 e. The molecule has 2 nitrogen and oxygen atoms in total. The van der Waals surface area contributed by atoms with Gasteiger partial charge in [0.05, 0.1) is 17.3 Å². The molecule has 0 aromatic heterocycles. The van der Waals surface area contributed by atoms with Crippen molar-refractivity contribution in [2.75, 3.05) is 0 Å². The molecule has 2 aliphatic heterocycles. The van der Waals surface area contributed by atoms with E-state index in [-0.39, 0.29) is 11.6 Å². The third-order valence-electron chi connectivity index (χ3n) is 5.46. The average Bonchev–Trinajstić information content (AvgIpc) is 2.64. The van der Waals surface area contributed by atoms with E-state index >= 15 is 0 Å². The van der Waals surface area contributed by atoms with Crippen LogP contribution in [0.25, 0.3) is 0 Å². The predicted molar refractivity (Wildman–Crippen MR) is 113 cm³/mol. The zero-order valence-corrected chi connectivity index (χ0v) is 16.9. The maximum absolute atomic E-state index is 5.18. The molecule has 1 aromatic rings. The lowest BCUT2D eigenvalue weighted by atomic mass is 9.81. The summed E-state index contributed by atoms with van der Waals surface area (Å²) in [5, 5.41) is 0. The number of halogens is 1. The third kappa shape index (κ3) is 2.61. The summed E-state index contributed by atoms with van der Waals surface area (Å²) in [6, 6.07) is 8.66. The number of rotatable bonds is 2. The second-order valence-corrected chi connectivity index (χ2v) is 9.45. The maximum Gasteiger partial charge on any atom is 0.118 e. The summed E-state index contributed by atoms with van der Waals surface area (Å²) in [6.45, 7) is 4.33. The van der Waals surface area contributed by atoms with E-state index in [1.54, 1.807) is 0 Å². The van der Waals surface area contributed by atoms with E-state index in [0.29, 0.717) is 0 Å². The largest absolute Gasteiger partial charge is 0.284 e. The van der Waals surface area contributed by atoms with E-state index in [2.05, 4.69) is 78.3 Å². The Bertz CT molecular complexity index is 876. The molecule has 4 heteroatoms. The van der Waals surface area contributed by atoms with Crippen LogP contribution in [0.4, 0.5) is 0 Å². The molecule has 4 rings (SSSR count). The predicted octanol–water partition coefficient (Wildman–Crippen LogP) is 5.40. The summed E-state index contributed by atoms with van der Waals surface area (Å²) >= 11 is 8.84. The van der Waals surface area contributed by atoms with Crippen molar-refractivity contribution in [3.05, 3.63) is 70.8 Å². The highest BCUT2D eigenvalue weighted by Crippen LogP contribution is 2.53. The Balaban J connectivity index is 1.89. The fraction of sp³-hybridized carbons (Fsp3) is 0.333. The number of aliphatic imine (C=N–C) groups is 2. The number of allylic oxidation sites excluding steroid dienone is 3. The van der Waals surface area contributed by atoms with E-state index in [4.69, 9.17) is 22.6 Å². The number of dihydropyridines is 1. The Morgan fingerprint density at radius 2 is 2.12 bits per heavy atom. The van der Waals surface area contributed by atoms with Gasteiger partial charge in [-0.3, -0.25) is 9.98 Å². The Morgan fingerprint density at radius 1 is 1.32 bits per heavy atom. The first-order valence-corrected chi connectivity index (χ1v) is 9.93. The minimum absolute atomic E-state index is 0.255. The van der Waals surface area contributed by atoms with E-state index < -0.39 is 3.66 Å². The van der Waals surface area contributed by atoms with Crippen LogP contribution in [-0.4, -0.2) is 23.5 Å². The van der Waals surface area contributed by atoms with Crippen molar-refractivity contribution in [2.45, 2.75) is 41.9 Å². The molecule has 3 aliphatic rings. The first-order valence-electron chi connectivity index (χ1n) is 8.69. The molecule has 25 heavy (non-hydrogen) atoms. The summed E-state index contributed by atoms with van der Waals surface area (Å²) in [5.41, 5.74) is 5.32. The van der Waals surface area contributed by atoms with Crippen molar-refractivity contribution in [2.24, 2.45) is 9.98 Å². The number of nitrogens with zero attached hydrogens (tertiary/aromatic N) is 2. The molecule has 3 atom stereocenters. The lowest BCUT2D eigenvalue weighted by Gasteiger charge is -2.44. The van der Waals surface area contributed by atoms with Crippen molar-refractivity contribution in [1.82, 2.24) is 0 Å². The zero-order valence-electron chi connectivity index (χ0n) is 14.4. The maximum atomic E-state index is 5.18. The first-order chi connectivity index (χ1) is 12.0. The Kier molecular flexibility index (Phi) is 4.16. The standard InChI is InChI=1S/C21H21BrN2S/c1-3-20(2)21(22,25)17-10-6-5-9-16(17)19(24-20)15-12-14-8-4-7-11-18(14)23-13-15/h4-10,12-13,18,25H,3,11H2,1-2H3. The van der Waals surface area contributed by atoms with Gasteiger partial charge >= 0.3 is 0 Å². The van der Waals surface area contributed by atoms with Crippen LogP contribution in [0.3, 0.4) is 0 Å². The van der Waals surface area contributed by atoms with Crippen molar-refractivity contribution >= 4 is 40.5 Å². The lowest BCUT2D eigenvalue weighted by molar-refractivity contribution is 0.421. The van der Waals surface area contributed by atoms with Crippen LogP contribution in [0, 0.1) is 0 Å². The van der Waals surface area contributed by atoms with Crippen LogP contribution in [0.2, 0.25) is 0 Å². The van der Waals surface area contributed by atoms with Gasteiger partial charge in [-0.2, -0.15) is 12.6 Å². The van der Waals surface area contributed by atoms with Crippen molar-refractivity contribution in [3.8, 4) is 0 Å². The van der Waals surface area contributed by atoms with Gasteiger partial charge in [0.25, 0.3) is 0 Å². The molecule has 0 saturated carbocycles. The number of alkyl halides is 1. The minimum atomic E-state index is -0.489. The van der Waals surface area contributed by atoms with Gasteiger partial charge in [-0.25, -0.2) is 0 Å². The van der Waals surface area contributed by atoms with Crippen molar-refractivity contribution in [3.63, 3.8) is 0 Å². The quantitative estimate of drug-likeness (QED) is 0.496. The molecule has 0 N–H and O–H groups in total. The fourth-order valence-corrected chi connectivity index (χ4v) is 4.74. The molecule has 0 spiro atoms. The van der Waals surface area contributed by atoms with Crippen LogP contribution in [0.15, 0.2) is 69.7 Å². The molecule has 0 bridgehead atoms. The summed E-state index contributed by atoms with van der Waals surface area (Å²) in [7, 11) is 0. The van der Waals surface area contributed by atoms with Crippen molar-refractivity contribution < 1.29 is 0 Å². The summed E-state index contributed by atoms with van der Waals surface area (Å²) in [4.78, 5) is 9.94. The highest BCUT2D eigenvalue weighted by Gasteiger charge is 2.48. The number of fused-ring (bicyclic) bond motifs is 2. The second-order valence-electron chi connectivity index (χ2n) is 6.98. The van der Waals surface area contributed by atoms with Crippen LogP contribution >= 0.6 is 28.6 Å². The summed E-state index contributed by atoms with van der Waals surface area (Å²) in [6.07, 6.45) is 12.5. The molecule has 128 valence electrons. The lowest BCUT2D eigenvalue weighted by Crippen LogP contribution is -2.44. The van der Waals surface area contributed by atoms with Gasteiger partial charge in [0.15, 0.2) is 0 Å². The van der Waals surface area contributed by atoms with Gasteiger partial charge in [-0.1, -0.05) is 65.3 Å². The number of hydrogen-bond acceptors (Lipinski definition) is 3. The molecular formula is C21H21BrN2S. The summed E-state index contributed by atoms with van der Waals surface area (Å²) < 4.78 is -0.489. The van der Waals surface area contributed by atoms with Crippen LogP contribution in [0.1, 0.15) is 37.8 Å². The zero-order chi connectivity index (χ0) is 17.7. The van der Waals surface area contributed by atoms with E-state index in [1.807, 2.05) is 6.21 Å². The van der Waals surface area contributed by atoms with E-state index in [0.717, 1.165) is 29.7 Å². The average molecular weight is 413 g/mol. The SMILES string of the molecule is CCC1(C)N=C(C2=CC3=CC=CCC3N=C2)c2ccccc2C1(S)Br. The molecule has 1 aromatic carbocycles. The molecular weight excluding hydrogens is 392 g/mol. The van der Waals surface area contributed by atoms with Gasteiger partial charge < -0.3 is 0 Å². The molecule has 0 fully saturated rings. The normalized spacial score (nSPS) is 33.1. The van der Waals surface area contributed by atoms with Gasteiger partial charge in [0.1, 0.15) is 3.66 Å². The highest BCUT2D eigenvalue weighted by atomic mass is 79.9. The number of thiol groups is 1. The monoisotopic (exact) mass is 412 g/mol. The molecule has 1 aliphatic carbocycles. The van der Waals surface area contributed by atoms with Gasteiger partial charge in [0.2, 0.25) is 0 Å². The van der Waals surface area contributed by atoms with E-state index in [9.17, 15) is 0 Å². The van der Waals surface area contributed by atoms with Gasteiger partial charge in [0, 0.05) is 17.4 Å². The Hall–Kier alpha value is -1.39. The minimum Gasteiger partial charge on any atom is -0.284 e. The second kappa shape index (κ2) is 6.10.